The van der Waals surface area contributed by atoms with Crippen molar-refractivity contribution in [3.05, 3.63) is 37.0 Å². The summed E-state index contributed by atoms with van der Waals surface area (Å²) in [7, 11) is 0. The van der Waals surface area contributed by atoms with E-state index in [0.717, 1.165) is 19.3 Å². The molecule has 78 valence electrons. The molecule has 0 aromatic carbocycles. The number of unbranched alkanes of at least 4 members (excludes halogenated alkanes) is 1. The SMILES string of the molecule is C=CCCC=CCCOC(=O)C(=C)C. The molecular weight excluding hydrogens is 176 g/mol. The molecule has 0 saturated carbocycles. The van der Waals surface area contributed by atoms with Gasteiger partial charge >= 0.3 is 5.97 Å². The second-order valence-electron chi connectivity index (χ2n) is 3.04. The lowest BCUT2D eigenvalue weighted by molar-refractivity contribution is -0.138. The number of hydrogen-bond donors (Lipinski definition) is 0. The van der Waals surface area contributed by atoms with Crippen LogP contribution in [0, 0.1) is 0 Å². The third kappa shape index (κ3) is 7.35. The highest BCUT2D eigenvalue weighted by Gasteiger charge is 2.00. The first-order valence-electron chi connectivity index (χ1n) is 4.77. The second-order valence-corrected chi connectivity index (χ2v) is 3.04. The van der Waals surface area contributed by atoms with E-state index in [-0.39, 0.29) is 5.97 Å². The van der Waals surface area contributed by atoms with Crippen molar-refractivity contribution < 1.29 is 9.53 Å². The lowest BCUT2D eigenvalue weighted by Gasteiger charge is -2.00. The fourth-order valence-corrected chi connectivity index (χ4v) is 0.793. The fourth-order valence-electron chi connectivity index (χ4n) is 0.793. The largest absolute Gasteiger partial charge is 0.462 e. The van der Waals surface area contributed by atoms with Crippen LogP contribution < -0.4 is 0 Å². The molecule has 0 aliphatic heterocycles. The van der Waals surface area contributed by atoms with Gasteiger partial charge in [-0.3, -0.25) is 0 Å². The van der Waals surface area contributed by atoms with Gasteiger partial charge in [-0.1, -0.05) is 24.8 Å². The van der Waals surface area contributed by atoms with Crippen LogP contribution in [0.1, 0.15) is 26.2 Å². The van der Waals surface area contributed by atoms with Crippen LogP contribution in [0.3, 0.4) is 0 Å². The maximum absolute atomic E-state index is 10.9. The highest BCUT2D eigenvalue weighted by atomic mass is 16.5. The predicted octanol–water partition coefficient (Wildman–Crippen LogP) is 3.02. The molecule has 0 aromatic rings. The highest BCUT2D eigenvalue weighted by molar-refractivity contribution is 5.86. The Balaban J connectivity index is 3.37. The Morgan fingerprint density at radius 1 is 1.29 bits per heavy atom. The summed E-state index contributed by atoms with van der Waals surface area (Å²) in [4.78, 5) is 10.9. The van der Waals surface area contributed by atoms with Crippen molar-refractivity contribution in [3.8, 4) is 0 Å². The molecule has 2 heteroatoms. The summed E-state index contributed by atoms with van der Waals surface area (Å²) in [6.45, 7) is 9.18. The van der Waals surface area contributed by atoms with Crippen molar-refractivity contribution >= 4 is 5.97 Å². The Morgan fingerprint density at radius 3 is 2.50 bits per heavy atom. The van der Waals surface area contributed by atoms with Gasteiger partial charge in [-0.15, -0.1) is 6.58 Å². The Labute approximate surface area is 86.0 Å². The van der Waals surface area contributed by atoms with Gasteiger partial charge in [0.15, 0.2) is 0 Å². The van der Waals surface area contributed by atoms with Crippen molar-refractivity contribution in [2.75, 3.05) is 6.61 Å². The number of carbonyl (C=O) groups excluding carboxylic acids is 1. The van der Waals surface area contributed by atoms with Crippen LogP contribution in [-0.2, 0) is 9.53 Å². The van der Waals surface area contributed by atoms with Gasteiger partial charge in [0.2, 0.25) is 0 Å². The summed E-state index contributed by atoms with van der Waals surface area (Å²) in [6, 6.07) is 0. The predicted molar refractivity (Wildman–Crippen MR) is 59.0 cm³/mol. The Kier molecular flexibility index (Phi) is 7.52. The average Bonchev–Trinajstić information content (AvgIpc) is 2.16. The summed E-state index contributed by atoms with van der Waals surface area (Å²) in [5.74, 6) is -0.315. The molecule has 0 N–H and O–H groups in total. The Hall–Kier alpha value is -1.31. The topological polar surface area (TPSA) is 26.3 Å². The first-order valence-corrected chi connectivity index (χ1v) is 4.77. The number of carbonyl (C=O) groups is 1. The monoisotopic (exact) mass is 194 g/mol. The minimum Gasteiger partial charge on any atom is -0.462 e. The van der Waals surface area contributed by atoms with E-state index in [1.807, 2.05) is 12.2 Å². The Bertz CT molecular complexity index is 226. The fraction of sp³-hybridized carbons (Fsp3) is 0.417. The van der Waals surface area contributed by atoms with Crippen LogP contribution in [0.2, 0.25) is 0 Å². The normalized spacial score (nSPS) is 10.1. The zero-order valence-electron chi connectivity index (χ0n) is 8.79. The molecule has 14 heavy (non-hydrogen) atoms. The van der Waals surface area contributed by atoms with Crippen LogP contribution in [0.15, 0.2) is 37.0 Å². The molecule has 0 amide bonds. The molecule has 0 saturated heterocycles. The van der Waals surface area contributed by atoms with Crippen molar-refractivity contribution in [2.24, 2.45) is 0 Å². The molecule has 0 heterocycles. The van der Waals surface area contributed by atoms with Gasteiger partial charge in [-0.05, 0) is 26.2 Å². The number of ether oxygens (including phenoxy) is 1. The van der Waals surface area contributed by atoms with Crippen molar-refractivity contribution in [1.82, 2.24) is 0 Å². The summed E-state index contributed by atoms with van der Waals surface area (Å²) in [5, 5.41) is 0. The average molecular weight is 194 g/mol. The van der Waals surface area contributed by atoms with Gasteiger partial charge in [0, 0.05) is 5.57 Å². The van der Waals surface area contributed by atoms with Gasteiger partial charge in [-0.25, -0.2) is 4.79 Å². The molecule has 0 aromatic heterocycles. The summed E-state index contributed by atoms with van der Waals surface area (Å²) in [5.41, 5.74) is 0.445. The van der Waals surface area contributed by atoms with Crippen LogP contribution in [0.5, 0.6) is 0 Å². The molecule has 0 rings (SSSR count). The van der Waals surface area contributed by atoms with Crippen LogP contribution in [0.25, 0.3) is 0 Å². The van der Waals surface area contributed by atoms with E-state index in [9.17, 15) is 4.79 Å². The van der Waals surface area contributed by atoms with Crippen LogP contribution >= 0.6 is 0 Å². The molecule has 0 unspecified atom stereocenters. The van der Waals surface area contributed by atoms with E-state index in [1.54, 1.807) is 6.92 Å². The maximum atomic E-state index is 10.9. The number of hydrogen-bond acceptors (Lipinski definition) is 2. The van der Waals surface area contributed by atoms with Gasteiger partial charge in [0.05, 0.1) is 6.61 Å². The lowest BCUT2D eigenvalue weighted by atomic mass is 10.2. The van der Waals surface area contributed by atoms with Crippen molar-refractivity contribution in [3.63, 3.8) is 0 Å². The molecule has 0 aliphatic rings. The molecule has 0 atom stereocenters. The van der Waals surface area contributed by atoms with E-state index >= 15 is 0 Å². The second kappa shape index (κ2) is 8.30. The standard InChI is InChI=1S/C12H18O2/c1-4-5-6-7-8-9-10-14-12(13)11(2)3/h4,7-8H,1-2,5-6,9-10H2,3H3. The lowest BCUT2D eigenvalue weighted by Crippen LogP contribution is -2.05. The molecule has 0 spiro atoms. The minimum atomic E-state index is -0.315. The summed E-state index contributed by atoms with van der Waals surface area (Å²) >= 11 is 0. The zero-order valence-corrected chi connectivity index (χ0v) is 8.79. The molecule has 0 bridgehead atoms. The van der Waals surface area contributed by atoms with Gasteiger partial charge in [0.1, 0.15) is 0 Å². The molecule has 0 aliphatic carbocycles. The van der Waals surface area contributed by atoms with Crippen molar-refractivity contribution in [1.29, 1.82) is 0 Å². The molecule has 0 radical (unpaired) electrons. The quantitative estimate of drug-likeness (QED) is 0.269. The Morgan fingerprint density at radius 2 is 1.93 bits per heavy atom. The zero-order chi connectivity index (χ0) is 10.8. The third-order valence-corrected chi connectivity index (χ3v) is 1.57. The van der Waals surface area contributed by atoms with E-state index in [0.29, 0.717) is 12.2 Å². The number of rotatable bonds is 7. The molecule has 2 nitrogen and oxygen atoms in total. The van der Waals surface area contributed by atoms with Crippen LogP contribution in [-0.4, -0.2) is 12.6 Å². The van der Waals surface area contributed by atoms with E-state index in [1.165, 1.54) is 0 Å². The van der Waals surface area contributed by atoms with E-state index < -0.39 is 0 Å². The first-order chi connectivity index (χ1) is 6.68. The van der Waals surface area contributed by atoms with Crippen LogP contribution in [0.4, 0.5) is 0 Å². The summed E-state index contributed by atoms with van der Waals surface area (Å²) in [6.07, 6.45) is 8.70. The smallest absolute Gasteiger partial charge is 0.333 e. The molecule has 0 fully saturated rings. The van der Waals surface area contributed by atoms with Gasteiger partial charge < -0.3 is 4.74 Å². The number of allylic oxidation sites excluding steroid dienone is 2. The minimum absolute atomic E-state index is 0.315. The van der Waals surface area contributed by atoms with Crippen molar-refractivity contribution in [2.45, 2.75) is 26.2 Å². The van der Waals surface area contributed by atoms with E-state index in [2.05, 4.69) is 19.2 Å². The van der Waals surface area contributed by atoms with Gasteiger partial charge in [-0.2, -0.15) is 0 Å². The first kappa shape index (κ1) is 12.7. The van der Waals surface area contributed by atoms with E-state index in [4.69, 9.17) is 4.74 Å². The summed E-state index contributed by atoms with van der Waals surface area (Å²) < 4.78 is 4.90. The number of esters is 1. The maximum Gasteiger partial charge on any atom is 0.333 e. The third-order valence-electron chi connectivity index (χ3n) is 1.57. The highest BCUT2D eigenvalue weighted by Crippen LogP contribution is 1.96. The molecular formula is C12H18O2. The van der Waals surface area contributed by atoms with Gasteiger partial charge in [0.25, 0.3) is 0 Å².